The first-order chi connectivity index (χ1) is 13.0. The van der Waals surface area contributed by atoms with Gasteiger partial charge in [-0.15, -0.1) is 0 Å². The van der Waals surface area contributed by atoms with Crippen molar-refractivity contribution in [1.29, 1.82) is 0 Å². The van der Waals surface area contributed by atoms with Gasteiger partial charge in [0, 0.05) is 0 Å². The topological polar surface area (TPSA) is 44.8 Å². The van der Waals surface area contributed by atoms with Gasteiger partial charge in [-0.1, -0.05) is 64.8 Å². The maximum atomic E-state index is 11.7. The van der Waals surface area contributed by atoms with Crippen molar-refractivity contribution in [2.24, 2.45) is 11.8 Å². The average Bonchev–Trinajstić information content (AvgIpc) is 2.71. The molecule has 1 heterocycles. The van der Waals surface area contributed by atoms with Gasteiger partial charge in [-0.2, -0.15) is 0 Å². The van der Waals surface area contributed by atoms with E-state index in [0.29, 0.717) is 5.92 Å². The molecule has 0 aromatic carbocycles. The molecule has 0 aliphatic carbocycles. The minimum atomic E-state index is -0.397. The minimum Gasteiger partial charge on any atom is -0.469 e. The van der Waals surface area contributed by atoms with Crippen LogP contribution in [-0.4, -0.2) is 24.8 Å². The third-order valence-electron chi connectivity index (χ3n) is 5.80. The molecule has 0 bridgehead atoms. The first-order valence-corrected chi connectivity index (χ1v) is 10.8. The van der Waals surface area contributed by atoms with E-state index in [1.54, 1.807) is 0 Å². The van der Waals surface area contributed by atoms with Crippen LogP contribution in [0.5, 0.6) is 0 Å². The molecule has 0 amide bonds. The van der Waals surface area contributed by atoms with Gasteiger partial charge in [0.1, 0.15) is 11.7 Å². The Morgan fingerprint density at radius 3 is 2.52 bits per heavy atom. The Morgan fingerprint density at radius 1 is 1.26 bits per heavy atom. The van der Waals surface area contributed by atoms with Crippen molar-refractivity contribution in [1.82, 2.24) is 0 Å². The number of hydrogen-bond acceptors (Lipinski definition) is 4. The molecule has 4 nitrogen and oxygen atoms in total. The lowest BCUT2D eigenvalue weighted by molar-refractivity contribution is -0.409. The molecular formula is C23H40O4. The number of esters is 1. The fourth-order valence-corrected chi connectivity index (χ4v) is 3.78. The number of allylic oxidation sites excluding steroid dienone is 3. The summed E-state index contributed by atoms with van der Waals surface area (Å²) in [7, 11) is 1.41. The highest BCUT2D eigenvalue weighted by Crippen LogP contribution is 2.39. The minimum absolute atomic E-state index is 0.225. The van der Waals surface area contributed by atoms with Gasteiger partial charge in [-0.3, -0.25) is 4.79 Å². The lowest BCUT2D eigenvalue weighted by atomic mass is 9.80. The van der Waals surface area contributed by atoms with E-state index < -0.39 is 5.60 Å². The summed E-state index contributed by atoms with van der Waals surface area (Å²) in [5.41, 5.74) is 1.03. The molecule has 4 heteroatoms. The van der Waals surface area contributed by atoms with Crippen LogP contribution in [0.1, 0.15) is 86.0 Å². The second-order valence-electron chi connectivity index (χ2n) is 7.65. The Labute approximate surface area is 166 Å². The van der Waals surface area contributed by atoms with Crippen LogP contribution in [0.25, 0.3) is 0 Å². The highest BCUT2D eigenvalue weighted by molar-refractivity contribution is 5.69. The Morgan fingerprint density at radius 2 is 2.00 bits per heavy atom. The van der Waals surface area contributed by atoms with Gasteiger partial charge < -0.3 is 4.74 Å². The monoisotopic (exact) mass is 380 g/mol. The highest BCUT2D eigenvalue weighted by Gasteiger charge is 2.41. The summed E-state index contributed by atoms with van der Waals surface area (Å²) in [4.78, 5) is 23.3. The Kier molecular flexibility index (Phi) is 10.9. The smallest absolute Gasteiger partial charge is 0.308 e. The summed E-state index contributed by atoms with van der Waals surface area (Å²) in [6, 6.07) is 0. The first-order valence-electron chi connectivity index (χ1n) is 10.8. The molecule has 27 heavy (non-hydrogen) atoms. The van der Waals surface area contributed by atoms with Crippen LogP contribution in [0.4, 0.5) is 0 Å². The molecule has 0 aromatic heterocycles. The largest absolute Gasteiger partial charge is 0.469 e. The zero-order valence-electron chi connectivity index (χ0n) is 18.3. The number of carbonyl (C=O) groups excluding carboxylic acids is 1. The summed E-state index contributed by atoms with van der Waals surface area (Å²) in [5.74, 6) is 0.613. The van der Waals surface area contributed by atoms with Crippen LogP contribution in [-0.2, 0) is 19.3 Å². The number of methoxy groups -OCH3 is 1. The number of hydrogen-bond donors (Lipinski definition) is 0. The van der Waals surface area contributed by atoms with Crippen molar-refractivity contribution >= 4 is 5.97 Å². The maximum Gasteiger partial charge on any atom is 0.308 e. The fourth-order valence-electron chi connectivity index (χ4n) is 3.78. The zero-order valence-corrected chi connectivity index (χ0v) is 18.3. The third kappa shape index (κ3) is 7.42. The van der Waals surface area contributed by atoms with Crippen molar-refractivity contribution in [3.05, 3.63) is 23.8 Å². The second-order valence-corrected chi connectivity index (χ2v) is 7.65. The Bertz CT molecular complexity index is 497. The molecule has 2 unspecified atom stereocenters. The predicted octanol–water partition coefficient (Wildman–Crippen LogP) is 6.16. The van der Waals surface area contributed by atoms with Gasteiger partial charge in [-0.05, 0) is 50.4 Å². The van der Waals surface area contributed by atoms with Crippen molar-refractivity contribution in [3.8, 4) is 0 Å². The molecule has 156 valence electrons. The predicted molar refractivity (Wildman–Crippen MR) is 110 cm³/mol. The van der Waals surface area contributed by atoms with E-state index in [0.717, 1.165) is 44.9 Å². The van der Waals surface area contributed by atoms with E-state index in [-0.39, 0.29) is 24.4 Å². The normalized spacial score (nSPS) is 27.7. The second kappa shape index (κ2) is 12.4. The van der Waals surface area contributed by atoms with E-state index in [1.165, 1.54) is 12.7 Å². The van der Waals surface area contributed by atoms with Gasteiger partial charge in [-0.25, -0.2) is 9.78 Å². The molecule has 4 atom stereocenters. The van der Waals surface area contributed by atoms with Crippen LogP contribution in [0.3, 0.4) is 0 Å². The summed E-state index contributed by atoms with van der Waals surface area (Å²) in [6.07, 6.45) is 14.0. The van der Waals surface area contributed by atoms with E-state index in [9.17, 15) is 4.79 Å². The molecule has 0 aromatic rings. The molecule has 1 fully saturated rings. The third-order valence-corrected chi connectivity index (χ3v) is 5.80. The highest BCUT2D eigenvalue weighted by atomic mass is 17.2. The van der Waals surface area contributed by atoms with E-state index >= 15 is 0 Å². The summed E-state index contributed by atoms with van der Waals surface area (Å²) in [6.45, 7) is 10.9. The summed E-state index contributed by atoms with van der Waals surface area (Å²) in [5, 5.41) is 0. The lowest BCUT2D eigenvalue weighted by Gasteiger charge is -2.41. The SMILES string of the molecule is CC/C=C/C(CC)C/C(=C/C1(CC)C[C@H](CC)[C@H](CC(=O)OC)OO1)CC. The molecule has 1 rings (SSSR count). The van der Waals surface area contributed by atoms with Crippen molar-refractivity contribution in [2.45, 2.75) is 97.7 Å². The Hall–Kier alpha value is -1.13. The standard InChI is InChI=1S/C23H40O4/c1-7-12-13-18(8-2)14-19(9-3)16-23(11-5)17-20(10-4)21(26-27-23)15-22(24)25-6/h12-13,16,18,20-21H,7-11,14-15,17H2,1-6H3/b13-12+,19-16+/t18?,20-,21-,23?/m0/s1. The molecule has 0 N–H and O–H groups in total. The van der Waals surface area contributed by atoms with Crippen LogP contribution < -0.4 is 0 Å². The molecule has 0 saturated carbocycles. The summed E-state index contributed by atoms with van der Waals surface area (Å²) < 4.78 is 4.80. The zero-order chi connectivity index (χ0) is 20.3. The van der Waals surface area contributed by atoms with Crippen LogP contribution in [0.15, 0.2) is 23.8 Å². The number of carbonyl (C=O) groups is 1. The summed E-state index contributed by atoms with van der Waals surface area (Å²) >= 11 is 0. The van der Waals surface area contributed by atoms with Gasteiger partial charge >= 0.3 is 5.97 Å². The van der Waals surface area contributed by atoms with E-state index in [2.05, 4.69) is 52.8 Å². The molecule has 0 spiro atoms. The molecule has 1 aliphatic heterocycles. The lowest BCUT2D eigenvalue weighted by Crippen LogP contribution is -2.44. The van der Waals surface area contributed by atoms with Crippen molar-refractivity contribution in [2.75, 3.05) is 7.11 Å². The van der Waals surface area contributed by atoms with E-state index in [1.807, 2.05) is 0 Å². The van der Waals surface area contributed by atoms with Gasteiger partial charge in [0.05, 0.1) is 13.5 Å². The van der Waals surface area contributed by atoms with Gasteiger partial charge in [0.25, 0.3) is 0 Å². The van der Waals surface area contributed by atoms with E-state index in [4.69, 9.17) is 14.5 Å². The molecule has 0 radical (unpaired) electrons. The van der Waals surface area contributed by atoms with Gasteiger partial charge in [0.15, 0.2) is 0 Å². The average molecular weight is 381 g/mol. The first kappa shape index (κ1) is 23.9. The van der Waals surface area contributed by atoms with Crippen LogP contribution in [0.2, 0.25) is 0 Å². The molecule has 1 aliphatic rings. The maximum absolute atomic E-state index is 11.7. The van der Waals surface area contributed by atoms with Crippen molar-refractivity contribution < 1.29 is 19.3 Å². The fraction of sp³-hybridized carbons (Fsp3) is 0.783. The number of rotatable bonds is 11. The number of ether oxygens (including phenoxy) is 1. The van der Waals surface area contributed by atoms with Gasteiger partial charge in [0.2, 0.25) is 0 Å². The molecule has 1 saturated heterocycles. The quantitative estimate of drug-likeness (QED) is 0.244. The van der Waals surface area contributed by atoms with Crippen molar-refractivity contribution in [3.63, 3.8) is 0 Å². The van der Waals surface area contributed by atoms with Crippen LogP contribution >= 0.6 is 0 Å². The molecular weight excluding hydrogens is 340 g/mol. The van der Waals surface area contributed by atoms with Crippen LogP contribution in [0, 0.1) is 11.8 Å². The Balaban J connectivity index is 2.93.